The summed E-state index contributed by atoms with van der Waals surface area (Å²) in [5, 5.41) is 0.579. The van der Waals surface area contributed by atoms with Crippen molar-refractivity contribution in [3.05, 3.63) is 40.9 Å². The predicted octanol–water partition coefficient (Wildman–Crippen LogP) is 3.19. The van der Waals surface area contributed by atoms with Gasteiger partial charge in [0.05, 0.1) is 12.1 Å². The van der Waals surface area contributed by atoms with Crippen LogP contribution in [0.4, 0.5) is 5.69 Å². The van der Waals surface area contributed by atoms with Crippen LogP contribution in [0.2, 0.25) is 5.02 Å². The molecule has 2 rings (SSSR count). The van der Waals surface area contributed by atoms with Crippen LogP contribution in [-0.2, 0) is 9.59 Å². The van der Waals surface area contributed by atoms with Crippen molar-refractivity contribution in [2.24, 2.45) is 5.92 Å². The van der Waals surface area contributed by atoms with Gasteiger partial charge in [0.2, 0.25) is 5.91 Å². The van der Waals surface area contributed by atoms with Crippen LogP contribution in [-0.4, -0.2) is 11.8 Å². The minimum absolute atomic E-state index is 0.180. The predicted molar refractivity (Wildman–Crippen MR) is 71.5 cm³/mol. The fraction of sp³-hybridized carbons (Fsp3) is 0.286. The van der Waals surface area contributed by atoms with Gasteiger partial charge >= 0.3 is 0 Å². The Labute approximate surface area is 111 Å². The molecule has 0 radical (unpaired) electrons. The highest BCUT2D eigenvalue weighted by Crippen LogP contribution is 2.27. The van der Waals surface area contributed by atoms with E-state index in [0.717, 1.165) is 0 Å². The van der Waals surface area contributed by atoms with E-state index < -0.39 is 0 Å². The molecule has 0 spiro atoms. The normalized spacial score (nSPS) is 18.2. The quantitative estimate of drug-likeness (QED) is 0.607. The van der Waals surface area contributed by atoms with Crippen LogP contribution in [0, 0.1) is 5.92 Å². The molecule has 1 aromatic carbocycles. The fourth-order valence-electron chi connectivity index (χ4n) is 1.96. The van der Waals surface area contributed by atoms with E-state index in [4.69, 9.17) is 11.6 Å². The molecule has 2 amide bonds. The van der Waals surface area contributed by atoms with E-state index in [1.54, 1.807) is 24.3 Å². The molecule has 94 valence electrons. The van der Waals surface area contributed by atoms with Gasteiger partial charge in [-0.2, -0.15) is 0 Å². The molecule has 18 heavy (non-hydrogen) atoms. The zero-order chi connectivity index (χ0) is 13.3. The van der Waals surface area contributed by atoms with Crippen LogP contribution in [0.5, 0.6) is 0 Å². The van der Waals surface area contributed by atoms with Gasteiger partial charge in [0.25, 0.3) is 5.91 Å². The highest BCUT2D eigenvalue weighted by atomic mass is 35.5. The van der Waals surface area contributed by atoms with Gasteiger partial charge in [0.1, 0.15) is 0 Å². The maximum atomic E-state index is 12.1. The third-order valence-electron chi connectivity index (χ3n) is 2.69. The van der Waals surface area contributed by atoms with Crippen molar-refractivity contribution in [3.8, 4) is 0 Å². The number of amides is 2. The third-order valence-corrected chi connectivity index (χ3v) is 2.94. The van der Waals surface area contributed by atoms with Gasteiger partial charge in [-0.3, -0.25) is 9.59 Å². The number of imide groups is 1. The van der Waals surface area contributed by atoms with Crippen LogP contribution in [0.1, 0.15) is 20.3 Å². The number of allylic oxidation sites excluding steroid dienone is 1. The Morgan fingerprint density at radius 3 is 2.39 bits per heavy atom. The van der Waals surface area contributed by atoms with E-state index in [2.05, 4.69) is 0 Å². The maximum absolute atomic E-state index is 12.1. The van der Waals surface area contributed by atoms with Gasteiger partial charge < -0.3 is 0 Å². The number of carbonyl (C=O) groups excluding carboxylic acids is 2. The number of hydrogen-bond donors (Lipinski definition) is 0. The Balaban J connectivity index is 2.32. The number of anilines is 1. The van der Waals surface area contributed by atoms with Gasteiger partial charge in [-0.25, -0.2) is 4.90 Å². The molecule has 0 atom stereocenters. The molecule has 4 heteroatoms. The van der Waals surface area contributed by atoms with E-state index in [9.17, 15) is 9.59 Å². The summed E-state index contributed by atoms with van der Waals surface area (Å²) in [6.07, 6.45) is 2.02. The van der Waals surface area contributed by atoms with Crippen molar-refractivity contribution in [1.82, 2.24) is 0 Å². The molecule has 0 aromatic heterocycles. The third kappa shape index (κ3) is 2.46. The second-order valence-corrected chi connectivity index (χ2v) is 5.06. The van der Waals surface area contributed by atoms with Crippen LogP contribution in [0.15, 0.2) is 35.9 Å². The van der Waals surface area contributed by atoms with Crippen molar-refractivity contribution in [2.75, 3.05) is 4.90 Å². The fourth-order valence-corrected chi connectivity index (χ4v) is 2.08. The van der Waals surface area contributed by atoms with Crippen molar-refractivity contribution in [2.45, 2.75) is 20.3 Å². The summed E-state index contributed by atoms with van der Waals surface area (Å²) in [7, 11) is 0. The Kier molecular flexibility index (Phi) is 3.53. The first-order chi connectivity index (χ1) is 8.49. The lowest BCUT2D eigenvalue weighted by atomic mass is 10.1. The molecule has 1 aromatic rings. The number of benzene rings is 1. The lowest BCUT2D eigenvalue weighted by molar-refractivity contribution is -0.120. The average Bonchev–Trinajstić information content (AvgIpc) is 2.55. The largest absolute Gasteiger partial charge is 0.274 e. The summed E-state index contributed by atoms with van der Waals surface area (Å²) in [5.41, 5.74) is 1.14. The average molecular weight is 264 g/mol. The second-order valence-electron chi connectivity index (χ2n) is 4.62. The van der Waals surface area contributed by atoms with Gasteiger partial charge in [0, 0.05) is 10.6 Å². The first-order valence-corrected chi connectivity index (χ1v) is 6.20. The molecular formula is C14H14ClNO2. The molecule has 3 nitrogen and oxygen atoms in total. The topological polar surface area (TPSA) is 37.4 Å². The highest BCUT2D eigenvalue weighted by molar-refractivity contribution is 6.31. The molecule has 0 saturated carbocycles. The van der Waals surface area contributed by atoms with E-state index in [-0.39, 0.29) is 24.2 Å². The molecular weight excluding hydrogens is 250 g/mol. The Morgan fingerprint density at radius 1 is 1.22 bits per heavy atom. The van der Waals surface area contributed by atoms with E-state index in [1.807, 2.05) is 19.9 Å². The standard InChI is InChI=1S/C14H14ClNO2/c1-9(2)7-10-8-13(17)16(14(10)18)12-5-3-11(15)4-6-12/h3-7,9H,8H2,1-2H3. The van der Waals surface area contributed by atoms with E-state index >= 15 is 0 Å². The lowest BCUT2D eigenvalue weighted by Gasteiger charge is -2.13. The van der Waals surface area contributed by atoms with Gasteiger partial charge in [-0.15, -0.1) is 0 Å². The molecule has 1 aliphatic heterocycles. The maximum Gasteiger partial charge on any atom is 0.261 e. The molecule has 1 aliphatic rings. The van der Waals surface area contributed by atoms with Gasteiger partial charge in [0.15, 0.2) is 0 Å². The zero-order valence-electron chi connectivity index (χ0n) is 10.3. The molecule has 0 aliphatic carbocycles. The summed E-state index contributed by atoms with van der Waals surface area (Å²) in [4.78, 5) is 25.2. The number of halogens is 1. The molecule has 1 heterocycles. The van der Waals surface area contributed by atoms with Crippen LogP contribution < -0.4 is 4.90 Å². The monoisotopic (exact) mass is 263 g/mol. The Bertz CT molecular complexity index is 517. The van der Waals surface area contributed by atoms with Crippen molar-refractivity contribution < 1.29 is 9.59 Å². The number of nitrogens with zero attached hydrogens (tertiary/aromatic N) is 1. The molecule has 1 fully saturated rings. The van der Waals surface area contributed by atoms with Gasteiger partial charge in [-0.1, -0.05) is 31.5 Å². The summed E-state index contributed by atoms with van der Waals surface area (Å²) in [6, 6.07) is 6.69. The van der Waals surface area contributed by atoms with Crippen LogP contribution in [0.25, 0.3) is 0 Å². The molecule has 0 unspecified atom stereocenters. The number of carbonyl (C=O) groups is 2. The van der Waals surface area contributed by atoms with Gasteiger partial charge in [-0.05, 0) is 30.2 Å². The van der Waals surface area contributed by atoms with Crippen molar-refractivity contribution in [1.29, 1.82) is 0 Å². The van der Waals surface area contributed by atoms with Crippen LogP contribution in [0.3, 0.4) is 0 Å². The van der Waals surface area contributed by atoms with Crippen LogP contribution >= 0.6 is 11.6 Å². The van der Waals surface area contributed by atoms with E-state index in [0.29, 0.717) is 16.3 Å². The van der Waals surface area contributed by atoms with Crippen molar-refractivity contribution in [3.63, 3.8) is 0 Å². The Morgan fingerprint density at radius 2 is 1.83 bits per heavy atom. The first-order valence-electron chi connectivity index (χ1n) is 5.82. The number of hydrogen-bond acceptors (Lipinski definition) is 2. The summed E-state index contributed by atoms with van der Waals surface area (Å²) in [5.74, 6) is -0.160. The Hall–Kier alpha value is -1.61. The SMILES string of the molecule is CC(C)C=C1CC(=O)N(c2ccc(Cl)cc2)C1=O. The summed E-state index contributed by atoms with van der Waals surface area (Å²) < 4.78 is 0. The second kappa shape index (κ2) is 4.94. The summed E-state index contributed by atoms with van der Waals surface area (Å²) >= 11 is 5.79. The highest BCUT2D eigenvalue weighted by Gasteiger charge is 2.34. The lowest BCUT2D eigenvalue weighted by Crippen LogP contribution is -2.28. The van der Waals surface area contributed by atoms with E-state index in [1.165, 1.54) is 4.90 Å². The molecule has 1 saturated heterocycles. The smallest absolute Gasteiger partial charge is 0.261 e. The number of rotatable bonds is 2. The minimum atomic E-state index is -0.226. The zero-order valence-corrected chi connectivity index (χ0v) is 11.1. The first kappa shape index (κ1) is 12.8. The summed E-state index contributed by atoms with van der Waals surface area (Å²) in [6.45, 7) is 3.96. The molecule has 0 N–H and O–H groups in total. The molecule has 0 bridgehead atoms. The minimum Gasteiger partial charge on any atom is -0.274 e. The van der Waals surface area contributed by atoms with Crippen molar-refractivity contribution >= 4 is 29.1 Å².